The van der Waals surface area contributed by atoms with Crippen molar-refractivity contribution in [3.8, 4) is 41.2 Å². The Morgan fingerprint density at radius 1 is 1.18 bits per heavy atom. The second-order valence-corrected chi connectivity index (χ2v) is 13.9. The Balaban J connectivity index is 1.33. The lowest BCUT2D eigenvalue weighted by Gasteiger charge is -2.42. The molecule has 0 saturated carbocycles. The Labute approximate surface area is 282 Å². The lowest BCUT2D eigenvalue weighted by Crippen LogP contribution is -2.59. The highest BCUT2D eigenvalue weighted by Crippen LogP contribution is 2.45. The van der Waals surface area contributed by atoms with Gasteiger partial charge in [-0.3, -0.25) is 4.90 Å². The molecule has 6 heterocycles. The molecule has 0 aliphatic carbocycles. The van der Waals surface area contributed by atoms with Crippen molar-refractivity contribution >= 4 is 27.5 Å². The number of halogens is 3. The average molecular weight is 671 g/mol. The van der Waals surface area contributed by atoms with Crippen LogP contribution < -0.4 is 19.7 Å². The Kier molecular flexibility index (Phi) is 7.61. The minimum absolute atomic E-state index is 0.0212. The maximum Gasteiger partial charge on any atom is 0.319 e. The molecule has 8 rings (SSSR count). The summed E-state index contributed by atoms with van der Waals surface area (Å²) in [6.07, 6.45) is 11.7. The van der Waals surface area contributed by atoms with E-state index in [1.165, 1.54) is 31.4 Å². The van der Waals surface area contributed by atoms with E-state index in [4.69, 9.17) is 20.9 Å². The first-order valence-corrected chi connectivity index (χ1v) is 16.8. The zero-order valence-corrected chi connectivity index (χ0v) is 27.5. The first kappa shape index (κ1) is 31.7. The number of piperazine rings is 1. The number of nitrogens with zero attached hydrogens (tertiary/aromatic N) is 5. The van der Waals surface area contributed by atoms with Gasteiger partial charge in [0.1, 0.15) is 40.6 Å². The molecule has 2 bridgehead atoms. The molecule has 0 spiro atoms. The Bertz CT molecular complexity index is 2090. The van der Waals surface area contributed by atoms with Crippen molar-refractivity contribution in [3.63, 3.8) is 0 Å². The minimum atomic E-state index is -0.823. The molecule has 9 nitrogen and oxygen atoms in total. The molecule has 2 aromatic heterocycles. The molecule has 254 valence electrons. The predicted octanol–water partition coefficient (Wildman–Crippen LogP) is 6.01. The van der Waals surface area contributed by atoms with Gasteiger partial charge in [-0.05, 0) is 74.2 Å². The summed E-state index contributed by atoms with van der Waals surface area (Å²) in [5.41, 5.74) is -0.111. The fraction of sp³-hybridized carbons (Fsp3) is 0.432. The van der Waals surface area contributed by atoms with Crippen molar-refractivity contribution in [2.75, 3.05) is 44.8 Å². The van der Waals surface area contributed by atoms with E-state index in [9.17, 15) is 13.9 Å². The highest BCUT2D eigenvalue weighted by atomic mass is 19.1. The standard InChI is InChI=1S/C37H37F3N6O3/c1-4-25-27(39)8-7-22-13-24(47)14-26(28(22)25)31-30(40)32-29(34(41-31)48-3)33(45-18-23-9-11-36(5-2,19-45)44-23)43-35(42-32)49-20-37-10-6-12-46(37)17-21(15-37)16-38/h1,7-8,13-14,16,23,44,47H,5-6,9-12,15,17-20H2,2-3H3/b21-16-/t23?,36?,37-/m0/s1. The van der Waals surface area contributed by atoms with E-state index in [1.807, 2.05) is 0 Å². The van der Waals surface area contributed by atoms with E-state index in [-0.39, 0.29) is 68.9 Å². The van der Waals surface area contributed by atoms with Gasteiger partial charge in [-0.15, -0.1) is 6.42 Å². The van der Waals surface area contributed by atoms with Crippen LogP contribution in [0.15, 0.2) is 36.2 Å². The van der Waals surface area contributed by atoms with Crippen molar-refractivity contribution in [1.82, 2.24) is 25.2 Å². The highest BCUT2D eigenvalue weighted by molar-refractivity contribution is 6.04. The number of rotatable bonds is 7. The number of pyridine rings is 1. The summed E-state index contributed by atoms with van der Waals surface area (Å²) in [6, 6.07) is 5.62. The molecule has 49 heavy (non-hydrogen) atoms. The smallest absolute Gasteiger partial charge is 0.319 e. The van der Waals surface area contributed by atoms with Crippen molar-refractivity contribution < 1.29 is 27.8 Å². The average Bonchev–Trinajstić information content (AvgIpc) is 3.76. The molecule has 0 amide bonds. The second kappa shape index (κ2) is 11.8. The minimum Gasteiger partial charge on any atom is -0.508 e. The molecular weight excluding hydrogens is 633 g/mol. The van der Waals surface area contributed by atoms with Gasteiger partial charge in [-0.2, -0.15) is 9.97 Å². The van der Waals surface area contributed by atoms with Crippen molar-refractivity contribution in [3.05, 3.63) is 53.4 Å². The van der Waals surface area contributed by atoms with Gasteiger partial charge in [-0.25, -0.2) is 18.2 Å². The third-order valence-corrected chi connectivity index (χ3v) is 11.1. The SMILES string of the molecule is C#Cc1c(F)ccc2cc(O)cc(-c3nc(OC)c4c(N5CC6CCC(CC)(C5)N6)nc(OC[C@@]56CCCN5C/C(=C\F)C6)nc4c3F)c12. The summed E-state index contributed by atoms with van der Waals surface area (Å²) in [4.78, 5) is 18.5. The van der Waals surface area contributed by atoms with Gasteiger partial charge < -0.3 is 24.8 Å². The van der Waals surface area contributed by atoms with Crippen molar-refractivity contribution in [2.24, 2.45) is 0 Å². The third-order valence-electron chi connectivity index (χ3n) is 11.1. The molecule has 2 unspecified atom stereocenters. The summed E-state index contributed by atoms with van der Waals surface area (Å²) in [5, 5.41) is 15.4. The predicted molar refractivity (Wildman–Crippen MR) is 181 cm³/mol. The monoisotopic (exact) mass is 670 g/mol. The van der Waals surface area contributed by atoms with Gasteiger partial charge in [-0.1, -0.05) is 18.9 Å². The number of aromatic nitrogens is 3. The molecule has 3 atom stereocenters. The van der Waals surface area contributed by atoms with Gasteiger partial charge in [0.25, 0.3) is 0 Å². The number of methoxy groups -OCH3 is 1. The number of hydrogen-bond acceptors (Lipinski definition) is 9. The summed E-state index contributed by atoms with van der Waals surface area (Å²) in [5.74, 6) is 1.22. The topological polar surface area (TPSA) is 95.9 Å². The number of anilines is 1. The molecule has 4 aromatic rings. The van der Waals surface area contributed by atoms with Gasteiger partial charge >= 0.3 is 6.01 Å². The van der Waals surface area contributed by atoms with Gasteiger partial charge in [0.15, 0.2) is 5.82 Å². The van der Waals surface area contributed by atoms with Crippen LogP contribution in [0.5, 0.6) is 17.6 Å². The number of phenols is 1. The first-order valence-electron chi connectivity index (χ1n) is 16.8. The molecule has 0 radical (unpaired) electrons. The van der Waals surface area contributed by atoms with Gasteiger partial charge in [0.05, 0.1) is 24.5 Å². The molecule has 12 heteroatoms. The number of hydrogen-bond donors (Lipinski definition) is 2. The first-order chi connectivity index (χ1) is 23.7. The summed E-state index contributed by atoms with van der Waals surface area (Å²) >= 11 is 0. The van der Waals surface area contributed by atoms with Crippen LogP contribution in [-0.4, -0.2) is 82.0 Å². The quantitative estimate of drug-likeness (QED) is 0.229. The largest absolute Gasteiger partial charge is 0.508 e. The summed E-state index contributed by atoms with van der Waals surface area (Å²) in [7, 11) is 1.43. The van der Waals surface area contributed by atoms with E-state index in [0.717, 1.165) is 44.2 Å². The van der Waals surface area contributed by atoms with Gasteiger partial charge in [0.2, 0.25) is 5.88 Å². The number of nitrogens with one attached hydrogen (secondary N) is 1. The maximum atomic E-state index is 17.2. The van der Waals surface area contributed by atoms with Crippen LogP contribution in [0.25, 0.3) is 32.9 Å². The van der Waals surface area contributed by atoms with Crippen LogP contribution in [0.1, 0.15) is 51.0 Å². The number of fused-ring (bicyclic) bond motifs is 5. The van der Waals surface area contributed by atoms with Crippen LogP contribution in [0.2, 0.25) is 0 Å². The Hall–Kier alpha value is -4.60. The molecule has 2 N–H and O–H groups in total. The lowest BCUT2D eigenvalue weighted by molar-refractivity contribution is 0.108. The summed E-state index contributed by atoms with van der Waals surface area (Å²) in [6.45, 7) is 5.00. The molecule has 4 aliphatic rings. The van der Waals surface area contributed by atoms with Crippen LogP contribution >= 0.6 is 0 Å². The van der Waals surface area contributed by atoms with E-state index < -0.39 is 17.2 Å². The third kappa shape index (κ3) is 5.05. The normalized spacial score (nSPS) is 25.8. The van der Waals surface area contributed by atoms with Crippen LogP contribution in [0.3, 0.4) is 0 Å². The number of benzene rings is 2. The zero-order chi connectivity index (χ0) is 34.1. The molecular formula is C37H37F3N6O3. The molecule has 4 saturated heterocycles. The number of ether oxygens (including phenoxy) is 2. The number of phenolic OH excluding ortho intramolecular Hbond substituents is 1. The number of aromatic hydroxyl groups is 1. The van der Waals surface area contributed by atoms with Crippen LogP contribution in [-0.2, 0) is 0 Å². The van der Waals surface area contributed by atoms with Crippen LogP contribution in [0.4, 0.5) is 19.0 Å². The fourth-order valence-electron chi connectivity index (χ4n) is 8.66. The molecule has 4 fully saturated rings. The van der Waals surface area contributed by atoms with E-state index in [0.29, 0.717) is 43.6 Å². The van der Waals surface area contributed by atoms with Gasteiger partial charge in [0, 0.05) is 42.2 Å². The maximum absolute atomic E-state index is 17.2. The Morgan fingerprint density at radius 3 is 2.82 bits per heavy atom. The molecule has 4 aliphatic heterocycles. The van der Waals surface area contributed by atoms with E-state index >= 15 is 4.39 Å². The highest BCUT2D eigenvalue weighted by Gasteiger charge is 2.48. The van der Waals surface area contributed by atoms with E-state index in [1.54, 1.807) is 0 Å². The fourth-order valence-corrected chi connectivity index (χ4v) is 8.66. The Morgan fingerprint density at radius 2 is 2.04 bits per heavy atom. The second-order valence-electron chi connectivity index (χ2n) is 13.9. The lowest BCUT2D eigenvalue weighted by atomic mass is 9.93. The van der Waals surface area contributed by atoms with E-state index in [2.05, 4.69) is 37.9 Å². The van der Waals surface area contributed by atoms with Crippen molar-refractivity contribution in [2.45, 2.75) is 62.6 Å². The van der Waals surface area contributed by atoms with Crippen molar-refractivity contribution in [1.29, 1.82) is 0 Å². The molecule has 2 aromatic carbocycles. The number of terminal acetylenes is 1. The zero-order valence-electron chi connectivity index (χ0n) is 27.5. The summed E-state index contributed by atoms with van der Waals surface area (Å²) < 4.78 is 58.0. The van der Waals surface area contributed by atoms with Crippen LogP contribution in [0, 0.1) is 24.0 Å².